The standard InChI is InChI=1S/C20H28O8/c1-11(2)8-15(22)26-16-12(9-14-19(5,27-14)17(16)23)20(10-25-20)13(21)6-7-18(3,4)28-24/h6-7,11-12,14,16,24H,8-10H2,1-5H3/b7-6+/t12-,14+,16+,19+,20-/m1/s1. The molecule has 1 saturated carbocycles. The second-order valence-electron chi connectivity index (χ2n) is 9.00. The molecule has 2 aliphatic heterocycles. The first-order valence-corrected chi connectivity index (χ1v) is 9.57. The van der Waals surface area contributed by atoms with Crippen LogP contribution in [0.4, 0.5) is 0 Å². The van der Waals surface area contributed by atoms with Gasteiger partial charge in [-0.15, -0.1) is 0 Å². The highest BCUT2D eigenvalue weighted by atomic mass is 17.1. The smallest absolute Gasteiger partial charge is 0.306 e. The van der Waals surface area contributed by atoms with Gasteiger partial charge in [0.05, 0.1) is 12.7 Å². The Kier molecular flexibility index (Phi) is 5.29. The lowest BCUT2D eigenvalue weighted by atomic mass is 9.72. The molecule has 0 aromatic heterocycles. The molecule has 1 aliphatic carbocycles. The van der Waals surface area contributed by atoms with Crippen molar-refractivity contribution in [3.63, 3.8) is 0 Å². The van der Waals surface area contributed by atoms with Gasteiger partial charge in [-0.3, -0.25) is 19.6 Å². The minimum Gasteiger partial charge on any atom is -0.454 e. The van der Waals surface area contributed by atoms with Crippen molar-refractivity contribution in [3.05, 3.63) is 12.2 Å². The monoisotopic (exact) mass is 396 g/mol. The summed E-state index contributed by atoms with van der Waals surface area (Å²) in [5.74, 6) is -1.69. The van der Waals surface area contributed by atoms with Crippen LogP contribution in [0, 0.1) is 11.8 Å². The summed E-state index contributed by atoms with van der Waals surface area (Å²) in [6.45, 7) is 8.75. The van der Waals surface area contributed by atoms with E-state index in [9.17, 15) is 14.4 Å². The van der Waals surface area contributed by atoms with E-state index in [0.717, 1.165) is 0 Å². The summed E-state index contributed by atoms with van der Waals surface area (Å²) in [5.41, 5.74) is -3.23. The first-order valence-electron chi connectivity index (χ1n) is 9.57. The van der Waals surface area contributed by atoms with Crippen molar-refractivity contribution in [2.75, 3.05) is 6.61 Å². The van der Waals surface area contributed by atoms with Gasteiger partial charge >= 0.3 is 5.97 Å². The minimum absolute atomic E-state index is 0.0848. The Bertz CT molecular complexity index is 705. The largest absolute Gasteiger partial charge is 0.454 e. The van der Waals surface area contributed by atoms with Crippen molar-refractivity contribution in [1.29, 1.82) is 0 Å². The summed E-state index contributed by atoms with van der Waals surface area (Å²) in [6, 6.07) is 0. The molecule has 0 aromatic rings. The minimum atomic E-state index is -1.23. The Morgan fingerprint density at radius 2 is 2.04 bits per heavy atom. The number of hydrogen-bond acceptors (Lipinski definition) is 8. The highest BCUT2D eigenvalue weighted by Gasteiger charge is 2.72. The van der Waals surface area contributed by atoms with Crippen LogP contribution < -0.4 is 0 Å². The molecule has 8 heteroatoms. The highest BCUT2D eigenvalue weighted by molar-refractivity contribution is 6.02. The molecule has 3 aliphatic rings. The van der Waals surface area contributed by atoms with Crippen molar-refractivity contribution in [1.82, 2.24) is 0 Å². The van der Waals surface area contributed by atoms with Crippen LogP contribution in [0.15, 0.2) is 12.2 Å². The van der Waals surface area contributed by atoms with Gasteiger partial charge in [0.2, 0.25) is 5.78 Å². The summed E-state index contributed by atoms with van der Waals surface area (Å²) in [6.07, 6.45) is 1.88. The molecule has 2 saturated heterocycles. The fourth-order valence-corrected chi connectivity index (χ4v) is 3.73. The van der Waals surface area contributed by atoms with Crippen LogP contribution in [0.5, 0.6) is 0 Å². The van der Waals surface area contributed by atoms with Crippen molar-refractivity contribution < 1.29 is 38.7 Å². The van der Waals surface area contributed by atoms with Crippen molar-refractivity contribution in [2.45, 2.75) is 76.5 Å². The normalized spacial score (nSPS) is 37.1. The number of carbonyl (C=O) groups excluding carboxylic acids is 3. The molecule has 0 amide bonds. The van der Waals surface area contributed by atoms with Gasteiger partial charge in [-0.1, -0.05) is 13.8 Å². The Hall–Kier alpha value is -1.61. The third kappa shape index (κ3) is 3.78. The Labute approximate surface area is 164 Å². The van der Waals surface area contributed by atoms with Gasteiger partial charge in [0.1, 0.15) is 5.60 Å². The number of rotatable bonds is 8. The van der Waals surface area contributed by atoms with Crippen LogP contribution in [0.1, 0.15) is 47.5 Å². The molecule has 2 heterocycles. The molecule has 1 N–H and O–H groups in total. The lowest BCUT2D eigenvalue weighted by Crippen LogP contribution is -2.53. The van der Waals surface area contributed by atoms with E-state index >= 15 is 0 Å². The summed E-state index contributed by atoms with van der Waals surface area (Å²) >= 11 is 0. The SMILES string of the molecule is CC(C)CC(=O)O[C@@H]1C(=O)[C@@]2(C)O[C@H]2C[C@H]1[C@@]1(C(=O)/C=C/C(C)(C)OO)CO1. The molecule has 0 radical (unpaired) electrons. The van der Waals surface area contributed by atoms with E-state index in [1.165, 1.54) is 12.2 Å². The molecule has 0 spiro atoms. The molecular formula is C20H28O8. The topological polar surface area (TPSA) is 115 Å². The van der Waals surface area contributed by atoms with Crippen LogP contribution in [-0.4, -0.2) is 58.4 Å². The maximum Gasteiger partial charge on any atom is 0.306 e. The molecule has 5 atom stereocenters. The number of hydrogen-bond donors (Lipinski definition) is 1. The predicted octanol–water partition coefficient (Wildman–Crippen LogP) is 1.85. The summed E-state index contributed by atoms with van der Waals surface area (Å²) in [4.78, 5) is 42.4. The highest BCUT2D eigenvalue weighted by Crippen LogP contribution is 2.54. The van der Waals surface area contributed by atoms with E-state index in [-0.39, 0.29) is 36.6 Å². The molecular weight excluding hydrogens is 368 g/mol. The number of epoxide rings is 2. The van der Waals surface area contributed by atoms with E-state index in [1.807, 2.05) is 13.8 Å². The summed E-state index contributed by atoms with van der Waals surface area (Å²) in [5, 5.41) is 8.88. The second-order valence-corrected chi connectivity index (χ2v) is 9.00. The first kappa shape index (κ1) is 21.1. The van der Waals surface area contributed by atoms with Crippen LogP contribution in [-0.2, 0) is 33.5 Å². The maximum atomic E-state index is 12.9. The Morgan fingerprint density at radius 1 is 1.39 bits per heavy atom. The van der Waals surface area contributed by atoms with Gasteiger partial charge in [-0.05, 0) is 45.3 Å². The molecule has 8 nitrogen and oxygen atoms in total. The van der Waals surface area contributed by atoms with E-state index in [1.54, 1.807) is 20.8 Å². The zero-order chi connectivity index (χ0) is 20.9. The third-order valence-electron chi connectivity index (χ3n) is 5.70. The van der Waals surface area contributed by atoms with Crippen LogP contribution in [0.3, 0.4) is 0 Å². The molecule has 28 heavy (non-hydrogen) atoms. The van der Waals surface area contributed by atoms with Crippen molar-refractivity contribution in [3.8, 4) is 0 Å². The number of ether oxygens (including phenoxy) is 3. The van der Waals surface area contributed by atoms with Gasteiger partial charge in [0.15, 0.2) is 23.1 Å². The summed E-state index contributed by atoms with van der Waals surface area (Å²) < 4.78 is 16.6. The average Bonchev–Trinajstić information content (AvgIpc) is 3.51. The molecule has 156 valence electrons. The molecule has 0 bridgehead atoms. The quantitative estimate of drug-likeness (QED) is 0.217. The number of esters is 1. The van der Waals surface area contributed by atoms with Gasteiger partial charge in [0.25, 0.3) is 0 Å². The lowest BCUT2D eigenvalue weighted by Gasteiger charge is -2.33. The number of carbonyl (C=O) groups is 3. The van der Waals surface area contributed by atoms with E-state index in [2.05, 4.69) is 4.89 Å². The van der Waals surface area contributed by atoms with Crippen LogP contribution >= 0.6 is 0 Å². The average molecular weight is 396 g/mol. The number of ketones is 2. The second kappa shape index (κ2) is 7.02. The Morgan fingerprint density at radius 3 is 2.57 bits per heavy atom. The maximum absolute atomic E-state index is 12.9. The predicted molar refractivity (Wildman–Crippen MR) is 96.3 cm³/mol. The van der Waals surface area contributed by atoms with E-state index in [0.29, 0.717) is 6.42 Å². The fourth-order valence-electron chi connectivity index (χ4n) is 3.73. The van der Waals surface area contributed by atoms with Crippen molar-refractivity contribution in [2.24, 2.45) is 11.8 Å². The number of fused-ring (bicyclic) bond motifs is 1. The van der Waals surface area contributed by atoms with Gasteiger partial charge in [-0.2, -0.15) is 0 Å². The van der Waals surface area contributed by atoms with E-state index in [4.69, 9.17) is 19.5 Å². The zero-order valence-corrected chi connectivity index (χ0v) is 16.9. The van der Waals surface area contributed by atoms with Gasteiger partial charge < -0.3 is 14.2 Å². The lowest BCUT2D eigenvalue weighted by molar-refractivity contribution is -0.297. The third-order valence-corrected chi connectivity index (χ3v) is 5.70. The Balaban J connectivity index is 1.82. The molecule has 0 unspecified atom stereocenters. The molecule has 0 aromatic carbocycles. The molecule has 3 rings (SSSR count). The molecule has 3 fully saturated rings. The van der Waals surface area contributed by atoms with Gasteiger partial charge in [-0.25, -0.2) is 4.89 Å². The van der Waals surface area contributed by atoms with Crippen LogP contribution in [0.2, 0.25) is 0 Å². The van der Waals surface area contributed by atoms with Crippen LogP contribution in [0.25, 0.3) is 0 Å². The first-order chi connectivity index (χ1) is 12.9. The fraction of sp³-hybridized carbons (Fsp3) is 0.750. The van der Waals surface area contributed by atoms with Crippen molar-refractivity contribution >= 4 is 17.5 Å². The zero-order valence-electron chi connectivity index (χ0n) is 16.9. The van der Waals surface area contributed by atoms with Gasteiger partial charge in [0, 0.05) is 12.3 Å². The van der Waals surface area contributed by atoms with E-state index < -0.39 is 34.8 Å². The summed E-state index contributed by atoms with van der Waals surface area (Å²) in [7, 11) is 0. The number of Topliss-reactive ketones (excluding diaryl/α,β-unsaturated/α-hetero) is 1.